The van der Waals surface area contributed by atoms with E-state index in [1.165, 1.54) is 6.07 Å². The molecule has 0 spiro atoms. The van der Waals surface area contributed by atoms with Gasteiger partial charge in [-0.3, -0.25) is 9.59 Å². The first-order valence-corrected chi connectivity index (χ1v) is 10.7. The van der Waals surface area contributed by atoms with Gasteiger partial charge in [0.15, 0.2) is 5.65 Å². The smallest absolute Gasteiger partial charge is 0.338 e. The first-order valence-electron chi connectivity index (χ1n) is 10.7. The van der Waals surface area contributed by atoms with Gasteiger partial charge in [0.2, 0.25) is 0 Å². The Labute approximate surface area is 194 Å². The van der Waals surface area contributed by atoms with E-state index in [1.807, 2.05) is 13.8 Å². The summed E-state index contributed by atoms with van der Waals surface area (Å²) in [6.07, 6.45) is 0. The van der Waals surface area contributed by atoms with Gasteiger partial charge in [-0.2, -0.15) is 0 Å². The van der Waals surface area contributed by atoms with Crippen molar-refractivity contribution in [2.45, 2.75) is 27.4 Å². The molecule has 174 valence electrons. The van der Waals surface area contributed by atoms with Gasteiger partial charge in [-0.1, -0.05) is 18.2 Å². The standard InChI is InChI=1S/C25H23N3O6/c1-4-32-21-8-6-5-7-19(21)24(30)27-20-12-17(10-9-15(20)2)25(31)33-14-18-13-23(29)28-22(26-18)11-16(3)34-28/h5-13H,4,14H2,1-3H3,(H,27,30). The topological polar surface area (TPSA) is 112 Å². The molecule has 4 aromatic rings. The Morgan fingerprint density at radius 1 is 1.09 bits per heavy atom. The Morgan fingerprint density at radius 3 is 2.68 bits per heavy atom. The normalized spacial score (nSPS) is 10.8. The Morgan fingerprint density at radius 2 is 1.88 bits per heavy atom. The zero-order valence-electron chi connectivity index (χ0n) is 19.0. The molecular weight excluding hydrogens is 438 g/mol. The minimum absolute atomic E-state index is 0.188. The summed E-state index contributed by atoms with van der Waals surface area (Å²) in [7, 11) is 0. The Hall–Kier alpha value is -4.40. The molecule has 2 heterocycles. The molecule has 0 unspecified atom stereocenters. The summed E-state index contributed by atoms with van der Waals surface area (Å²) in [4.78, 5) is 41.9. The number of hydrogen-bond donors (Lipinski definition) is 1. The fourth-order valence-electron chi connectivity index (χ4n) is 3.38. The molecule has 1 N–H and O–H groups in total. The highest BCUT2D eigenvalue weighted by Gasteiger charge is 2.16. The second-order valence-electron chi connectivity index (χ2n) is 7.57. The lowest BCUT2D eigenvalue weighted by molar-refractivity contribution is 0.0467. The first kappa shape index (κ1) is 22.8. The van der Waals surface area contributed by atoms with Gasteiger partial charge in [-0.25, -0.2) is 9.78 Å². The largest absolute Gasteiger partial charge is 0.493 e. The molecule has 0 saturated heterocycles. The zero-order chi connectivity index (χ0) is 24.2. The van der Waals surface area contributed by atoms with Crippen LogP contribution in [0.5, 0.6) is 5.75 Å². The molecule has 9 heteroatoms. The highest BCUT2D eigenvalue weighted by atomic mass is 16.5. The van der Waals surface area contributed by atoms with Gasteiger partial charge in [0.1, 0.15) is 18.1 Å². The first-order chi connectivity index (χ1) is 16.4. The molecule has 0 aliphatic rings. The van der Waals surface area contributed by atoms with Crippen molar-refractivity contribution in [2.24, 2.45) is 0 Å². The number of aryl methyl sites for hydroxylation is 2. The molecule has 2 aromatic carbocycles. The van der Waals surface area contributed by atoms with Crippen molar-refractivity contribution in [3.63, 3.8) is 0 Å². The van der Waals surface area contributed by atoms with Gasteiger partial charge in [-0.05, 0) is 50.6 Å². The van der Waals surface area contributed by atoms with Crippen LogP contribution in [0.25, 0.3) is 5.65 Å². The number of anilines is 1. The van der Waals surface area contributed by atoms with E-state index >= 15 is 0 Å². The predicted octanol–water partition coefficient (Wildman–Crippen LogP) is 3.91. The number of carbonyl (C=O) groups excluding carboxylic acids is 2. The molecule has 0 saturated carbocycles. The number of nitrogens with one attached hydrogen (secondary N) is 1. The number of fused-ring (bicyclic) bond motifs is 1. The van der Waals surface area contributed by atoms with Gasteiger partial charge in [0.25, 0.3) is 11.5 Å². The van der Waals surface area contributed by atoms with Gasteiger partial charge in [0, 0.05) is 17.8 Å². The Bertz CT molecular complexity index is 1440. The molecule has 0 radical (unpaired) electrons. The van der Waals surface area contributed by atoms with Crippen LogP contribution >= 0.6 is 0 Å². The summed E-state index contributed by atoms with van der Waals surface area (Å²) in [5.41, 5.74) is 2.11. The molecule has 0 aliphatic carbocycles. The third-order valence-corrected chi connectivity index (χ3v) is 5.03. The molecule has 1 amide bonds. The van der Waals surface area contributed by atoms with Crippen molar-refractivity contribution < 1.29 is 23.6 Å². The van der Waals surface area contributed by atoms with Crippen LogP contribution in [-0.2, 0) is 11.3 Å². The van der Waals surface area contributed by atoms with Crippen molar-refractivity contribution in [1.82, 2.24) is 9.56 Å². The number of nitrogens with zero attached hydrogens (tertiary/aromatic N) is 2. The van der Waals surface area contributed by atoms with E-state index < -0.39 is 11.5 Å². The second-order valence-corrected chi connectivity index (χ2v) is 7.57. The summed E-state index contributed by atoms with van der Waals surface area (Å²) >= 11 is 0. The maximum Gasteiger partial charge on any atom is 0.338 e. The fraction of sp³-hybridized carbons (Fsp3) is 0.200. The van der Waals surface area contributed by atoms with Crippen LogP contribution in [0.2, 0.25) is 0 Å². The number of para-hydroxylation sites is 1. The number of ether oxygens (including phenoxy) is 2. The summed E-state index contributed by atoms with van der Waals surface area (Å²) in [5.74, 6) is 0.0439. The number of amides is 1. The van der Waals surface area contributed by atoms with Crippen LogP contribution in [0.1, 0.15) is 44.7 Å². The van der Waals surface area contributed by atoms with Gasteiger partial charge in [0.05, 0.1) is 23.4 Å². The van der Waals surface area contributed by atoms with Crippen molar-refractivity contribution in [1.29, 1.82) is 0 Å². The zero-order valence-corrected chi connectivity index (χ0v) is 19.0. The van der Waals surface area contributed by atoms with E-state index in [9.17, 15) is 14.4 Å². The van der Waals surface area contributed by atoms with Crippen molar-refractivity contribution in [2.75, 3.05) is 11.9 Å². The van der Waals surface area contributed by atoms with Crippen molar-refractivity contribution in [3.05, 3.63) is 93.1 Å². The molecule has 34 heavy (non-hydrogen) atoms. The third kappa shape index (κ3) is 4.83. The summed E-state index contributed by atoms with van der Waals surface area (Å²) in [6.45, 7) is 5.61. The van der Waals surface area contributed by atoms with E-state index in [1.54, 1.807) is 55.5 Å². The molecule has 0 fully saturated rings. The summed E-state index contributed by atoms with van der Waals surface area (Å²) in [6, 6.07) is 14.7. The van der Waals surface area contributed by atoms with E-state index in [-0.39, 0.29) is 18.1 Å². The molecule has 9 nitrogen and oxygen atoms in total. The highest BCUT2D eigenvalue weighted by Crippen LogP contribution is 2.23. The second kappa shape index (κ2) is 9.62. The minimum Gasteiger partial charge on any atom is -0.493 e. The lowest BCUT2D eigenvalue weighted by Gasteiger charge is -2.13. The summed E-state index contributed by atoms with van der Waals surface area (Å²) < 4.78 is 17.2. The number of benzene rings is 2. The third-order valence-electron chi connectivity index (χ3n) is 5.03. The van der Waals surface area contributed by atoms with Gasteiger partial charge in [-0.15, -0.1) is 4.57 Å². The quantitative estimate of drug-likeness (QED) is 0.415. The number of aromatic nitrogens is 2. The van der Waals surface area contributed by atoms with Crippen LogP contribution in [0.3, 0.4) is 0 Å². The molecule has 0 atom stereocenters. The number of hydrogen-bond acceptors (Lipinski definition) is 7. The number of rotatable bonds is 7. The lowest BCUT2D eigenvalue weighted by atomic mass is 10.1. The molecule has 0 bridgehead atoms. The Kier molecular flexibility index (Phi) is 6.44. The average Bonchev–Trinajstić information content (AvgIpc) is 3.20. The monoisotopic (exact) mass is 461 g/mol. The Balaban J connectivity index is 1.49. The van der Waals surface area contributed by atoms with Gasteiger partial charge >= 0.3 is 5.97 Å². The minimum atomic E-state index is -0.615. The van der Waals surface area contributed by atoms with Crippen molar-refractivity contribution >= 4 is 23.2 Å². The lowest BCUT2D eigenvalue weighted by Crippen LogP contribution is -2.16. The maximum absolute atomic E-state index is 12.8. The van der Waals surface area contributed by atoms with E-state index in [2.05, 4.69) is 10.3 Å². The number of esters is 1. The molecular formula is C25H23N3O6. The SMILES string of the molecule is CCOc1ccccc1C(=O)Nc1cc(C(=O)OCc2cc(=O)n3oc(C)cc3n2)ccc1C. The van der Waals surface area contributed by atoms with Crippen LogP contribution in [0.4, 0.5) is 5.69 Å². The van der Waals surface area contributed by atoms with Crippen LogP contribution in [0, 0.1) is 13.8 Å². The van der Waals surface area contributed by atoms with E-state index in [0.29, 0.717) is 40.7 Å². The highest BCUT2D eigenvalue weighted by molar-refractivity contribution is 6.07. The molecule has 4 rings (SSSR count). The van der Waals surface area contributed by atoms with Crippen LogP contribution < -0.4 is 15.6 Å². The average molecular weight is 461 g/mol. The maximum atomic E-state index is 12.8. The van der Waals surface area contributed by atoms with Crippen molar-refractivity contribution in [3.8, 4) is 5.75 Å². The fourth-order valence-corrected chi connectivity index (χ4v) is 3.38. The van der Waals surface area contributed by atoms with Gasteiger partial charge < -0.3 is 19.3 Å². The molecule has 0 aliphatic heterocycles. The van der Waals surface area contributed by atoms with Crippen LogP contribution in [0.15, 0.2) is 63.9 Å². The van der Waals surface area contributed by atoms with E-state index in [0.717, 1.165) is 10.1 Å². The molecule has 2 aromatic heterocycles. The predicted molar refractivity (Wildman–Crippen MR) is 124 cm³/mol. The van der Waals surface area contributed by atoms with E-state index in [4.69, 9.17) is 14.0 Å². The number of carbonyl (C=O) groups is 2. The van der Waals surface area contributed by atoms with Crippen LogP contribution in [-0.4, -0.2) is 28.0 Å². The summed E-state index contributed by atoms with van der Waals surface area (Å²) in [5, 5.41) is 2.83.